The number of ketones is 1. The molecule has 2 heterocycles. The first kappa shape index (κ1) is 24.9. The van der Waals surface area contributed by atoms with Crippen molar-refractivity contribution < 1.29 is 34.4 Å². The maximum Gasteiger partial charge on any atom is 0.155 e. The second kappa shape index (κ2) is 10.5. The molecule has 173 valence electrons. The van der Waals surface area contributed by atoms with E-state index in [1.165, 1.54) is 36.4 Å². The van der Waals surface area contributed by atoms with Gasteiger partial charge in [-0.15, -0.1) is 35.9 Å². The molecule has 33 heavy (non-hydrogen) atoms. The number of carbonyl (C=O) groups is 1. The summed E-state index contributed by atoms with van der Waals surface area (Å²) in [7, 11) is 0. The van der Waals surface area contributed by atoms with Crippen molar-refractivity contribution in [3.05, 3.63) is 77.7 Å². The number of fused-ring (bicyclic) bond motifs is 5. The third-order valence-electron chi connectivity index (χ3n) is 6.17. The van der Waals surface area contributed by atoms with Crippen molar-refractivity contribution >= 4 is 27.7 Å². The van der Waals surface area contributed by atoms with Crippen LogP contribution in [0.4, 0.5) is 0 Å². The van der Waals surface area contributed by atoms with E-state index in [1.54, 1.807) is 0 Å². The molecule has 0 bridgehead atoms. The Balaban J connectivity index is 0.000000337. The standard InChI is InChI=1S/C23H20NO.C5H8O2.Ir/c1-14-12-17-8-9-18-19-10-11-24-21(16-6-4-3-5-7-16)23(19)25-22(18)20(17)13-15(14)2;1-4(6)3-5(2)7;/h3-6,8-11,14-15H,12-13H2,1-2H3;3,6H,1-2H3;/q-1;;/b;4-3-;. The van der Waals surface area contributed by atoms with Gasteiger partial charge < -0.3 is 14.5 Å². The van der Waals surface area contributed by atoms with Crippen LogP contribution in [0.25, 0.3) is 33.2 Å². The molecule has 0 saturated heterocycles. The molecule has 1 N–H and O–H groups in total. The van der Waals surface area contributed by atoms with Crippen LogP contribution in [0.3, 0.4) is 0 Å². The monoisotopic (exact) mass is 619 g/mol. The first-order chi connectivity index (χ1) is 15.3. The molecule has 0 aliphatic heterocycles. The minimum absolute atomic E-state index is 0. The number of carbonyl (C=O) groups excluding carboxylic acids is 1. The first-order valence-electron chi connectivity index (χ1n) is 11.0. The minimum atomic E-state index is -0.125. The average molecular weight is 619 g/mol. The summed E-state index contributed by atoms with van der Waals surface area (Å²) in [6.45, 7) is 7.55. The molecule has 2 aromatic carbocycles. The van der Waals surface area contributed by atoms with Crippen LogP contribution in [0.15, 0.2) is 64.9 Å². The zero-order chi connectivity index (χ0) is 22.8. The molecule has 2 unspecified atom stereocenters. The van der Waals surface area contributed by atoms with Gasteiger partial charge in [-0.3, -0.25) is 4.79 Å². The van der Waals surface area contributed by atoms with Gasteiger partial charge in [0.25, 0.3) is 0 Å². The Kier molecular flexibility index (Phi) is 7.88. The Bertz CT molecular complexity index is 1300. The van der Waals surface area contributed by atoms with Crippen LogP contribution < -0.4 is 0 Å². The molecule has 4 aromatic rings. The second-order valence-corrected chi connectivity index (χ2v) is 8.75. The van der Waals surface area contributed by atoms with E-state index in [2.05, 4.69) is 43.1 Å². The second-order valence-electron chi connectivity index (χ2n) is 8.75. The van der Waals surface area contributed by atoms with E-state index < -0.39 is 0 Å². The van der Waals surface area contributed by atoms with Gasteiger partial charge in [-0.25, -0.2) is 0 Å². The van der Waals surface area contributed by atoms with E-state index in [1.807, 2.05) is 30.5 Å². The summed E-state index contributed by atoms with van der Waals surface area (Å²) in [4.78, 5) is 14.6. The average Bonchev–Trinajstić information content (AvgIpc) is 3.14. The van der Waals surface area contributed by atoms with Gasteiger partial charge in [-0.05, 0) is 55.7 Å². The third-order valence-corrected chi connectivity index (χ3v) is 6.17. The number of rotatable bonds is 2. The Labute approximate surface area is 208 Å². The number of nitrogens with zero attached hydrogens (tertiary/aromatic N) is 1. The normalized spacial score (nSPS) is 17.6. The van der Waals surface area contributed by atoms with Crippen LogP contribution in [0.5, 0.6) is 0 Å². The molecule has 4 nitrogen and oxygen atoms in total. The molecule has 0 saturated carbocycles. The molecule has 2 atom stereocenters. The fourth-order valence-corrected chi connectivity index (χ4v) is 4.38. The SMILES string of the molecule is CC(=O)/C=C(/C)O.CC1Cc2ccc3c(oc4c(-c5[c-]cccc5)nccc43)c2CC1C.[Ir]. The quantitative estimate of drug-likeness (QED) is 0.152. The fraction of sp³-hybridized carbons (Fsp3) is 0.286. The van der Waals surface area contributed by atoms with E-state index in [9.17, 15) is 4.79 Å². The van der Waals surface area contributed by atoms with Gasteiger partial charge in [0.1, 0.15) is 11.2 Å². The summed E-state index contributed by atoms with van der Waals surface area (Å²) in [5.74, 6) is 1.35. The van der Waals surface area contributed by atoms with Crippen LogP contribution in [-0.4, -0.2) is 15.9 Å². The van der Waals surface area contributed by atoms with Crippen LogP contribution in [0.2, 0.25) is 0 Å². The fourth-order valence-electron chi connectivity index (χ4n) is 4.38. The van der Waals surface area contributed by atoms with E-state index in [0.29, 0.717) is 5.92 Å². The zero-order valence-corrected chi connectivity index (χ0v) is 21.7. The Morgan fingerprint density at radius 2 is 1.79 bits per heavy atom. The molecule has 0 spiro atoms. The van der Waals surface area contributed by atoms with Crippen molar-refractivity contribution in [3.63, 3.8) is 0 Å². The minimum Gasteiger partial charge on any atom is -0.512 e. The van der Waals surface area contributed by atoms with Crippen molar-refractivity contribution in [2.45, 2.75) is 40.5 Å². The van der Waals surface area contributed by atoms with E-state index in [4.69, 9.17) is 9.52 Å². The molecule has 5 heteroatoms. The van der Waals surface area contributed by atoms with Gasteiger partial charge in [0.15, 0.2) is 5.78 Å². The topological polar surface area (TPSA) is 63.3 Å². The van der Waals surface area contributed by atoms with Gasteiger partial charge in [-0.2, -0.15) is 0 Å². The Morgan fingerprint density at radius 3 is 2.42 bits per heavy atom. The molecule has 5 rings (SSSR count). The van der Waals surface area contributed by atoms with Crippen LogP contribution in [0.1, 0.15) is 38.8 Å². The molecule has 2 aromatic heterocycles. The van der Waals surface area contributed by atoms with Crippen LogP contribution in [0, 0.1) is 17.9 Å². The summed E-state index contributed by atoms with van der Waals surface area (Å²) in [5.41, 5.74) is 6.61. The number of hydrogen-bond acceptors (Lipinski definition) is 4. The molecule has 1 aliphatic rings. The van der Waals surface area contributed by atoms with Crippen molar-refractivity contribution in [2.24, 2.45) is 11.8 Å². The number of hydrogen-bond donors (Lipinski definition) is 1. The zero-order valence-electron chi connectivity index (χ0n) is 19.3. The maximum atomic E-state index is 10.0. The summed E-state index contributed by atoms with van der Waals surface area (Å²) in [5, 5.41) is 10.7. The molecular weight excluding hydrogens is 591 g/mol. The number of benzene rings is 2. The van der Waals surface area contributed by atoms with Crippen LogP contribution >= 0.6 is 0 Å². The molecule has 1 aliphatic carbocycles. The van der Waals surface area contributed by atoms with Gasteiger partial charge in [0.2, 0.25) is 0 Å². The van der Waals surface area contributed by atoms with Crippen molar-refractivity contribution in [1.82, 2.24) is 4.98 Å². The molecule has 0 fully saturated rings. The Hall–Kier alpha value is -2.75. The van der Waals surface area contributed by atoms with Crippen LogP contribution in [-0.2, 0) is 37.7 Å². The number of aliphatic hydroxyl groups is 1. The molecular formula is C28H28IrNO3-. The predicted octanol–water partition coefficient (Wildman–Crippen LogP) is 6.85. The smallest absolute Gasteiger partial charge is 0.155 e. The van der Waals surface area contributed by atoms with E-state index >= 15 is 0 Å². The van der Waals surface area contributed by atoms with Gasteiger partial charge >= 0.3 is 0 Å². The summed E-state index contributed by atoms with van der Waals surface area (Å²) in [6.07, 6.45) is 5.27. The molecule has 1 radical (unpaired) electrons. The van der Waals surface area contributed by atoms with Crippen molar-refractivity contribution in [2.75, 3.05) is 0 Å². The third kappa shape index (κ3) is 5.26. The number of aromatic nitrogens is 1. The summed E-state index contributed by atoms with van der Waals surface area (Å²) >= 11 is 0. The van der Waals surface area contributed by atoms with Crippen molar-refractivity contribution in [3.8, 4) is 11.3 Å². The van der Waals surface area contributed by atoms with Gasteiger partial charge in [-0.1, -0.05) is 26.0 Å². The largest absolute Gasteiger partial charge is 0.512 e. The molecule has 0 amide bonds. The number of allylic oxidation sites excluding steroid dienone is 2. The maximum absolute atomic E-state index is 10.0. The number of furan rings is 1. The first-order valence-corrected chi connectivity index (χ1v) is 11.0. The summed E-state index contributed by atoms with van der Waals surface area (Å²) in [6, 6.07) is 17.8. The summed E-state index contributed by atoms with van der Waals surface area (Å²) < 4.78 is 6.44. The van der Waals surface area contributed by atoms with Gasteiger partial charge in [0.05, 0.1) is 5.76 Å². The van der Waals surface area contributed by atoms with Gasteiger partial charge in [0, 0.05) is 48.8 Å². The predicted molar refractivity (Wildman–Crippen MR) is 129 cm³/mol. The number of aliphatic hydroxyl groups excluding tert-OH is 1. The van der Waals surface area contributed by atoms with Crippen molar-refractivity contribution in [1.29, 1.82) is 0 Å². The van der Waals surface area contributed by atoms with E-state index in [-0.39, 0.29) is 31.6 Å². The number of pyridine rings is 1. The Morgan fingerprint density at radius 1 is 1.06 bits per heavy atom. The van der Waals surface area contributed by atoms with E-state index in [0.717, 1.165) is 46.6 Å².